The van der Waals surface area contributed by atoms with Gasteiger partial charge in [0, 0.05) is 42.8 Å². The van der Waals surface area contributed by atoms with Gasteiger partial charge in [-0.3, -0.25) is 0 Å². The number of likely N-dealkylation sites (tertiary alicyclic amines) is 1. The maximum Gasteiger partial charge on any atom is 0.0507 e. The van der Waals surface area contributed by atoms with Crippen molar-refractivity contribution in [2.45, 2.75) is 31.8 Å². The first-order chi connectivity index (χ1) is 11.4. The molecule has 4 heteroatoms. The van der Waals surface area contributed by atoms with Gasteiger partial charge in [0.2, 0.25) is 0 Å². The zero-order valence-electron chi connectivity index (χ0n) is 13.8. The molecule has 2 aliphatic heterocycles. The molecule has 4 rings (SSSR count). The number of aromatic nitrogens is 1. The minimum absolute atomic E-state index is 0.653. The molecule has 0 bridgehead atoms. The number of nitrogens with one attached hydrogen (secondary N) is 2. The lowest BCUT2D eigenvalue weighted by molar-refractivity contribution is 0.147. The Balaban J connectivity index is 1.25. The summed E-state index contributed by atoms with van der Waals surface area (Å²) in [4.78, 5) is 5.92. The zero-order valence-corrected chi connectivity index (χ0v) is 13.8. The maximum absolute atomic E-state index is 5.49. The third-order valence-corrected chi connectivity index (χ3v) is 5.39. The van der Waals surface area contributed by atoms with E-state index < -0.39 is 0 Å². The summed E-state index contributed by atoms with van der Waals surface area (Å²) in [5, 5.41) is 5.11. The molecule has 124 valence electrons. The Labute approximate surface area is 138 Å². The molecule has 2 aromatic rings. The second kappa shape index (κ2) is 7.04. The number of hydrogen-bond donors (Lipinski definition) is 2. The van der Waals surface area contributed by atoms with Crippen LogP contribution in [0.4, 0.5) is 0 Å². The van der Waals surface area contributed by atoms with Crippen LogP contribution in [0.25, 0.3) is 10.9 Å². The van der Waals surface area contributed by atoms with E-state index >= 15 is 0 Å². The van der Waals surface area contributed by atoms with Crippen LogP contribution in [-0.2, 0) is 11.3 Å². The van der Waals surface area contributed by atoms with Crippen LogP contribution in [0, 0.1) is 5.92 Å². The standard InChI is InChI=1S/C19H27N3O/c1-2-16(18-4-8-20-19(18)3-1)12-21-17-5-9-22(10-6-17)13-15-7-11-23-14-15/h1-4,8,15,17,20-21H,5-7,9-14H2. The summed E-state index contributed by atoms with van der Waals surface area (Å²) in [5.41, 5.74) is 2.63. The number of piperidine rings is 1. The third-order valence-electron chi connectivity index (χ3n) is 5.39. The molecule has 1 unspecified atom stereocenters. The van der Waals surface area contributed by atoms with Gasteiger partial charge in [-0.1, -0.05) is 12.1 Å². The van der Waals surface area contributed by atoms with Crippen LogP contribution in [0.2, 0.25) is 0 Å². The highest BCUT2D eigenvalue weighted by Crippen LogP contribution is 2.20. The molecule has 1 atom stereocenters. The van der Waals surface area contributed by atoms with Crippen molar-refractivity contribution in [1.29, 1.82) is 0 Å². The number of aromatic amines is 1. The van der Waals surface area contributed by atoms with E-state index in [1.807, 2.05) is 6.20 Å². The van der Waals surface area contributed by atoms with E-state index in [4.69, 9.17) is 4.74 Å². The van der Waals surface area contributed by atoms with Gasteiger partial charge in [0.15, 0.2) is 0 Å². The molecule has 0 saturated carbocycles. The predicted octanol–water partition coefficient (Wildman–Crippen LogP) is 2.76. The highest BCUT2D eigenvalue weighted by Gasteiger charge is 2.23. The normalized spacial score (nSPS) is 23.7. The first-order valence-electron chi connectivity index (χ1n) is 8.97. The van der Waals surface area contributed by atoms with Crippen molar-refractivity contribution >= 4 is 10.9 Å². The van der Waals surface area contributed by atoms with Crippen molar-refractivity contribution in [2.75, 3.05) is 32.8 Å². The lowest BCUT2D eigenvalue weighted by Gasteiger charge is -2.33. The predicted molar refractivity (Wildman–Crippen MR) is 93.5 cm³/mol. The van der Waals surface area contributed by atoms with Crippen molar-refractivity contribution in [3.8, 4) is 0 Å². The molecular weight excluding hydrogens is 286 g/mol. The summed E-state index contributed by atoms with van der Waals surface area (Å²) in [5.74, 6) is 0.769. The first kappa shape index (κ1) is 15.2. The molecule has 2 N–H and O–H groups in total. The van der Waals surface area contributed by atoms with E-state index in [0.717, 1.165) is 25.7 Å². The minimum Gasteiger partial charge on any atom is -0.381 e. The molecule has 2 fully saturated rings. The van der Waals surface area contributed by atoms with Crippen LogP contribution in [-0.4, -0.2) is 48.8 Å². The summed E-state index contributed by atoms with van der Waals surface area (Å²) in [6, 6.07) is 9.35. The van der Waals surface area contributed by atoms with Crippen molar-refractivity contribution < 1.29 is 4.74 Å². The van der Waals surface area contributed by atoms with Gasteiger partial charge in [-0.25, -0.2) is 0 Å². The zero-order chi connectivity index (χ0) is 15.5. The number of nitrogens with zero attached hydrogens (tertiary/aromatic N) is 1. The van der Waals surface area contributed by atoms with E-state index in [0.29, 0.717) is 6.04 Å². The van der Waals surface area contributed by atoms with Crippen LogP contribution in [0.5, 0.6) is 0 Å². The smallest absolute Gasteiger partial charge is 0.0507 e. The lowest BCUT2D eigenvalue weighted by atomic mass is 10.0. The molecule has 0 radical (unpaired) electrons. The monoisotopic (exact) mass is 313 g/mol. The molecule has 1 aromatic carbocycles. The molecule has 23 heavy (non-hydrogen) atoms. The summed E-state index contributed by atoms with van der Waals surface area (Å²) in [6.45, 7) is 6.59. The molecule has 0 spiro atoms. The highest BCUT2D eigenvalue weighted by molar-refractivity contribution is 5.82. The Bertz CT molecular complexity index is 624. The van der Waals surface area contributed by atoms with Crippen LogP contribution in [0.3, 0.4) is 0 Å². The molecule has 3 heterocycles. The fourth-order valence-corrected chi connectivity index (χ4v) is 3.97. The fraction of sp³-hybridized carbons (Fsp3) is 0.579. The van der Waals surface area contributed by atoms with Gasteiger partial charge in [0.1, 0.15) is 0 Å². The Morgan fingerprint density at radius 1 is 1.17 bits per heavy atom. The van der Waals surface area contributed by atoms with Crippen molar-refractivity contribution in [1.82, 2.24) is 15.2 Å². The number of ether oxygens (including phenoxy) is 1. The lowest BCUT2D eigenvalue weighted by Crippen LogP contribution is -2.43. The van der Waals surface area contributed by atoms with E-state index in [9.17, 15) is 0 Å². The topological polar surface area (TPSA) is 40.3 Å². The van der Waals surface area contributed by atoms with Crippen LogP contribution < -0.4 is 5.32 Å². The molecular formula is C19H27N3O. The average molecular weight is 313 g/mol. The quantitative estimate of drug-likeness (QED) is 0.892. The van der Waals surface area contributed by atoms with E-state index in [1.165, 1.54) is 55.4 Å². The fourth-order valence-electron chi connectivity index (χ4n) is 3.97. The van der Waals surface area contributed by atoms with Gasteiger partial charge in [0.05, 0.1) is 6.61 Å². The Kier molecular flexibility index (Phi) is 4.64. The summed E-state index contributed by atoms with van der Waals surface area (Å²) < 4.78 is 5.49. The van der Waals surface area contributed by atoms with Crippen molar-refractivity contribution in [3.63, 3.8) is 0 Å². The number of fused-ring (bicyclic) bond motifs is 1. The van der Waals surface area contributed by atoms with Crippen LogP contribution in [0.15, 0.2) is 30.5 Å². The summed E-state index contributed by atoms with van der Waals surface area (Å²) in [7, 11) is 0. The van der Waals surface area contributed by atoms with Gasteiger partial charge in [-0.05, 0) is 56.0 Å². The molecule has 4 nitrogen and oxygen atoms in total. The van der Waals surface area contributed by atoms with Gasteiger partial charge >= 0.3 is 0 Å². The van der Waals surface area contributed by atoms with Crippen molar-refractivity contribution in [2.24, 2.45) is 5.92 Å². The first-order valence-corrected chi connectivity index (χ1v) is 8.97. The summed E-state index contributed by atoms with van der Waals surface area (Å²) >= 11 is 0. The number of H-pyrrole nitrogens is 1. The van der Waals surface area contributed by atoms with Crippen molar-refractivity contribution in [3.05, 3.63) is 36.0 Å². The van der Waals surface area contributed by atoms with Gasteiger partial charge in [-0.2, -0.15) is 0 Å². The highest BCUT2D eigenvalue weighted by atomic mass is 16.5. The second-order valence-corrected chi connectivity index (χ2v) is 7.04. The van der Waals surface area contributed by atoms with Crippen LogP contribution in [0.1, 0.15) is 24.8 Å². The van der Waals surface area contributed by atoms with Crippen LogP contribution >= 0.6 is 0 Å². The Morgan fingerprint density at radius 2 is 2.09 bits per heavy atom. The molecule has 0 amide bonds. The molecule has 1 aromatic heterocycles. The molecule has 0 aliphatic carbocycles. The number of hydrogen-bond acceptors (Lipinski definition) is 3. The van der Waals surface area contributed by atoms with Gasteiger partial charge in [0.25, 0.3) is 0 Å². The SMILES string of the molecule is c1cc(CNC2CCN(CC3CCOC3)CC2)c2cc[nH]c2c1. The maximum atomic E-state index is 5.49. The Hall–Kier alpha value is -1.36. The largest absolute Gasteiger partial charge is 0.381 e. The number of benzene rings is 1. The molecule has 2 aliphatic rings. The Morgan fingerprint density at radius 3 is 2.91 bits per heavy atom. The third kappa shape index (κ3) is 3.60. The minimum atomic E-state index is 0.653. The van der Waals surface area contributed by atoms with E-state index in [-0.39, 0.29) is 0 Å². The number of rotatable bonds is 5. The summed E-state index contributed by atoms with van der Waals surface area (Å²) in [6.07, 6.45) is 5.80. The van der Waals surface area contributed by atoms with E-state index in [2.05, 4.69) is 39.5 Å². The van der Waals surface area contributed by atoms with E-state index in [1.54, 1.807) is 0 Å². The second-order valence-electron chi connectivity index (χ2n) is 7.04. The average Bonchev–Trinajstić information content (AvgIpc) is 3.25. The molecule has 2 saturated heterocycles. The van der Waals surface area contributed by atoms with Gasteiger partial charge < -0.3 is 19.9 Å². The van der Waals surface area contributed by atoms with Gasteiger partial charge in [-0.15, -0.1) is 0 Å².